The first-order chi connectivity index (χ1) is 5.34. The fourth-order valence-corrected chi connectivity index (χ4v) is 0.620. The van der Waals surface area contributed by atoms with Gasteiger partial charge in [0.2, 0.25) is 5.95 Å². The molecule has 0 fully saturated rings. The summed E-state index contributed by atoms with van der Waals surface area (Å²) < 4.78 is 0. The lowest BCUT2D eigenvalue weighted by Gasteiger charge is -2.13. The van der Waals surface area contributed by atoms with Crippen LogP contribution in [0.5, 0.6) is 0 Å². The Labute approximate surface area is 64.2 Å². The largest absolute Gasteiger partial charge is 0.329 e. The molecule has 0 amide bonds. The van der Waals surface area contributed by atoms with Crippen LogP contribution in [0.15, 0.2) is 12.7 Å². The molecule has 1 rings (SSSR count). The van der Waals surface area contributed by atoms with E-state index in [-0.39, 0.29) is 0 Å². The number of hydrogen-bond donors (Lipinski definition) is 2. The molecule has 0 saturated heterocycles. The van der Waals surface area contributed by atoms with Gasteiger partial charge in [0.1, 0.15) is 12.7 Å². The molecule has 1 heterocycles. The maximum Gasteiger partial charge on any atom is 0.242 e. The highest BCUT2D eigenvalue weighted by molar-refractivity contribution is 5.23. The molecule has 60 valence electrons. The lowest BCUT2D eigenvalue weighted by Crippen LogP contribution is -2.36. The van der Waals surface area contributed by atoms with Crippen LogP contribution in [-0.4, -0.2) is 28.0 Å². The van der Waals surface area contributed by atoms with Crippen LogP contribution in [0.2, 0.25) is 0 Å². The van der Waals surface area contributed by atoms with Crippen LogP contribution in [0.3, 0.4) is 0 Å². The Hall–Kier alpha value is -1.27. The number of rotatable bonds is 3. The SMILES string of the molecule is NCCN(N)c1ncncn1. The molecule has 0 unspecified atom stereocenters. The Morgan fingerprint density at radius 1 is 1.36 bits per heavy atom. The highest BCUT2D eigenvalue weighted by atomic mass is 15.5. The molecule has 0 aliphatic rings. The summed E-state index contributed by atoms with van der Waals surface area (Å²) in [6.45, 7) is 1.01. The van der Waals surface area contributed by atoms with Gasteiger partial charge in [-0.15, -0.1) is 0 Å². The van der Waals surface area contributed by atoms with Gasteiger partial charge in [0.15, 0.2) is 0 Å². The topological polar surface area (TPSA) is 94.0 Å². The summed E-state index contributed by atoms with van der Waals surface area (Å²) in [5, 5.41) is 1.38. The van der Waals surface area contributed by atoms with Crippen LogP contribution in [0, 0.1) is 0 Å². The van der Waals surface area contributed by atoms with Crippen molar-refractivity contribution in [3.8, 4) is 0 Å². The number of hydrogen-bond acceptors (Lipinski definition) is 6. The van der Waals surface area contributed by atoms with Crippen LogP contribution >= 0.6 is 0 Å². The monoisotopic (exact) mass is 154 g/mol. The van der Waals surface area contributed by atoms with Crippen LogP contribution in [0.1, 0.15) is 0 Å². The van der Waals surface area contributed by atoms with Gasteiger partial charge in [-0.25, -0.2) is 20.8 Å². The Morgan fingerprint density at radius 2 is 2.00 bits per heavy atom. The molecule has 0 spiro atoms. The van der Waals surface area contributed by atoms with Gasteiger partial charge < -0.3 is 5.73 Å². The highest BCUT2D eigenvalue weighted by Gasteiger charge is 2.00. The number of nitrogens with zero attached hydrogens (tertiary/aromatic N) is 4. The first-order valence-corrected chi connectivity index (χ1v) is 3.19. The lowest BCUT2D eigenvalue weighted by molar-refractivity contribution is 0.788. The predicted octanol–water partition coefficient (Wildman–Crippen LogP) is -1.49. The van der Waals surface area contributed by atoms with Gasteiger partial charge in [0, 0.05) is 13.1 Å². The summed E-state index contributed by atoms with van der Waals surface area (Å²) in [6.07, 6.45) is 2.78. The third-order valence-corrected chi connectivity index (χ3v) is 1.11. The zero-order valence-electron chi connectivity index (χ0n) is 6.01. The molecule has 1 aromatic rings. The third-order valence-electron chi connectivity index (χ3n) is 1.11. The number of nitrogens with two attached hydrogens (primary N) is 2. The van der Waals surface area contributed by atoms with E-state index in [0.29, 0.717) is 19.0 Å². The van der Waals surface area contributed by atoms with Crippen molar-refractivity contribution in [3.63, 3.8) is 0 Å². The van der Waals surface area contributed by atoms with Crippen LogP contribution in [-0.2, 0) is 0 Å². The third kappa shape index (κ3) is 2.10. The molecule has 1 aromatic heterocycles. The van der Waals surface area contributed by atoms with E-state index in [4.69, 9.17) is 11.6 Å². The maximum atomic E-state index is 5.51. The second-order valence-corrected chi connectivity index (χ2v) is 1.92. The lowest BCUT2D eigenvalue weighted by atomic mass is 10.6. The van der Waals surface area contributed by atoms with E-state index in [9.17, 15) is 0 Å². The van der Waals surface area contributed by atoms with Crippen LogP contribution in [0.25, 0.3) is 0 Å². The van der Waals surface area contributed by atoms with Crippen molar-refractivity contribution < 1.29 is 0 Å². The molecular weight excluding hydrogens is 144 g/mol. The first kappa shape index (κ1) is 7.83. The average Bonchev–Trinajstić information content (AvgIpc) is 2.07. The van der Waals surface area contributed by atoms with Gasteiger partial charge in [-0.1, -0.05) is 0 Å². The summed E-state index contributed by atoms with van der Waals surface area (Å²) in [7, 11) is 0. The number of anilines is 1. The van der Waals surface area contributed by atoms with Gasteiger partial charge in [0.25, 0.3) is 0 Å². The molecular formula is C5H10N6. The summed E-state index contributed by atoms with van der Waals surface area (Å²) >= 11 is 0. The standard InChI is InChI=1S/C5H10N6/c6-1-2-11(7)5-9-3-8-4-10-5/h3-4H,1-2,6-7H2. The molecule has 0 bridgehead atoms. The molecule has 0 atom stereocenters. The van der Waals surface area contributed by atoms with Crippen molar-refractivity contribution in [1.29, 1.82) is 0 Å². The number of aromatic nitrogens is 3. The van der Waals surface area contributed by atoms with Crippen molar-refractivity contribution in [3.05, 3.63) is 12.7 Å². The van der Waals surface area contributed by atoms with Crippen LogP contribution in [0.4, 0.5) is 5.95 Å². The molecule has 0 aliphatic heterocycles. The molecule has 11 heavy (non-hydrogen) atoms. The average molecular weight is 154 g/mol. The fourth-order valence-electron chi connectivity index (χ4n) is 0.620. The summed E-state index contributed by atoms with van der Waals surface area (Å²) in [6, 6.07) is 0. The zero-order chi connectivity index (χ0) is 8.10. The Morgan fingerprint density at radius 3 is 2.55 bits per heavy atom. The second-order valence-electron chi connectivity index (χ2n) is 1.92. The van der Waals surface area contributed by atoms with Crippen molar-refractivity contribution in [2.45, 2.75) is 0 Å². The van der Waals surface area contributed by atoms with Crippen molar-refractivity contribution >= 4 is 5.95 Å². The molecule has 4 N–H and O–H groups in total. The van der Waals surface area contributed by atoms with Gasteiger partial charge in [-0.2, -0.15) is 0 Å². The molecule has 0 saturated carbocycles. The normalized spacial score (nSPS) is 9.64. The highest BCUT2D eigenvalue weighted by Crippen LogP contribution is 1.95. The smallest absolute Gasteiger partial charge is 0.242 e. The Balaban J connectivity index is 2.61. The molecule has 6 nitrogen and oxygen atoms in total. The number of hydrazine groups is 1. The van der Waals surface area contributed by atoms with Crippen molar-refractivity contribution in [2.24, 2.45) is 11.6 Å². The second kappa shape index (κ2) is 3.79. The molecule has 0 aliphatic carbocycles. The van der Waals surface area contributed by atoms with E-state index in [1.807, 2.05) is 0 Å². The summed E-state index contributed by atoms with van der Waals surface area (Å²) in [5.74, 6) is 5.94. The zero-order valence-corrected chi connectivity index (χ0v) is 6.01. The van der Waals surface area contributed by atoms with E-state index in [2.05, 4.69) is 15.0 Å². The van der Waals surface area contributed by atoms with E-state index < -0.39 is 0 Å². The van der Waals surface area contributed by atoms with E-state index in [0.717, 1.165) is 0 Å². The Kier molecular flexibility index (Phi) is 2.70. The summed E-state index contributed by atoms with van der Waals surface area (Å²) in [5.41, 5.74) is 5.27. The van der Waals surface area contributed by atoms with E-state index >= 15 is 0 Å². The van der Waals surface area contributed by atoms with Gasteiger partial charge in [-0.3, -0.25) is 5.01 Å². The predicted molar refractivity (Wildman–Crippen MR) is 40.4 cm³/mol. The first-order valence-electron chi connectivity index (χ1n) is 3.19. The minimum Gasteiger partial charge on any atom is -0.329 e. The minimum atomic E-state index is 0.436. The van der Waals surface area contributed by atoms with E-state index in [1.165, 1.54) is 17.7 Å². The fraction of sp³-hybridized carbons (Fsp3) is 0.400. The molecule has 0 radical (unpaired) electrons. The van der Waals surface area contributed by atoms with Crippen molar-refractivity contribution in [1.82, 2.24) is 15.0 Å². The minimum absolute atomic E-state index is 0.436. The van der Waals surface area contributed by atoms with Gasteiger partial charge in [0.05, 0.1) is 0 Å². The van der Waals surface area contributed by atoms with Crippen LogP contribution < -0.4 is 16.6 Å². The summed E-state index contributed by atoms with van der Waals surface area (Å²) in [4.78, 5) is 11.3. The quantitative estimate of drug-likeness (QED) is 0.407. The van der Waals surface area contributed by atoms with Gasteiger partial charge >= 0.3 is 0 Å². The van der Waals surface area contributed by atoms with E-state index in [1.54, 1.807) is 0 Å². The maximum absolute atomic E-state index is 5.51. The Bertz CT molecular complexity index is 199. The molecule has 6 heteroatoms. The van der Waals surface area contributed by atoms with Crippen molar-refractivity contribution in [2.75, 3.05) is 18.1 Å². The molecule has 0 aromatic carbocycles. The van der Waals surface area contributed by atoms with Gasteiger partial charge in [-0.05, 0) is 0 Å².